The fourth-order valence-corrected chi connectivity index (χ4v) is 2.60. The van der Waals surface area contributed by atoms with Crippen LogP contribution in [0.5, 0.6) is 11.5 Å². The average molecular weight is 350 g/mol. The molecule has 8 heteroatoms. The van der Waals surface area contributed by atoms with Gasteiger partial charge in [0.2, 0.25) is 0 Å². The maximum absolute atomic E-state index is 12.4. The van der Waals surface area contributed by atoms with Gasteiger partial charge in [0.1, 0.15) is 13.2 Å². The maximum Gasteiger partial charge on any atom is 0.323 e. The lowest BCUT2D eigenvalue weighted by Gasteiger charge is -2.19. The van der Waals surface area contributed by atoms with Crippen LogP contribution in [0.3, 0.4) is 0 Å². The van der Waals surface area contributed by atoms with E-state index < -0.39 is 5.97 Å². The Balaban J connectivity index is 2.14. The zero-order chi connectivity index (χ0) is 17.5. The van der Waals surface area contributed by atoms with E-state index in [2.05, 4.69) is 4.98 Å². The molecule has 0 radical (unpaired) electrons. The number of rotatable bonds is 8. The van der Waals surface area contributed by atoms with E-state index in [1.807, 2.05) is 5.38 Å². The van der Waals surface area contributed by atoms with Crippen molar-refractivity contribution >= 4 is 23.2 Å². The zero-order valence-corrected chi connectivity index (χ0v) is 14.2. The quantitative estimate of drug-likeness (QED) is 0.786. The summed E-state index contributed by atoms with van der Waals surface area (Å²) in [6.07, 6.45) is 0. The zero-order valence-electron chi connectivity index (χ0n) is 13.4. The van der Waals surface area contributed by atoms with Gasteiger partial charge in [0.15, 0.2) is 11.5 Å². The first-order valence-electron chi connectivity index (χ1n) is 7.24. The van der Waals surface area contributed by atoms with E-state index in [0.29, 0.717) is 30.2 Å². The Labute approximate surface area is 143 Å². The number of carboxylic acids is 1. The molecule has 0 saturated heterocycles. The molecule has 0 aliphatic carbocycles. The average Bonchev–Trinajstić information content (AvgIpc) is 3.10. The summed E-state index contributed by atoms with van der Waals surface area (Å²) >= 11 is 1.48. The van der Waals surface area contributed by atoms with Gasteiger partial charge in [0, 0.05) is 17.5 Å². The second-order valence-electron chi connectivity index (χ2n) is 4.85. The topological polar surface area (TPSA) is 89.0 Å². The first-order chi connectivity index (χ1) is 11.5. The van der Waals surface area contributed by atoms with Crippen molar-refractivity contribution in [1.82, 2.24) is 9.88 Å². The number of methoxy groups -OCH3 is 1. The molecule has 0 fully saturated rings. The second kappa shape index (κ2) is 8.30. The lowest BCUT2D eigenvalue weighted by atomic mass is 10.1. The number of hydrogen-bond donors (Lipinski definition) is 1. The number of likely N-dealkylation sites (N-methyl/N-ethyl adjacent to an activating group) is 1. The number of hydrogen-bond acceptors (Lipinski definition) is 6. The molecule has 1 amide bonds. The number of carboxylic acid groups (broad SMARTS) is 1. The van der Waals surface area contributed by atoms with E-state index in [4.69, 9.17) is 14.6 Å². The largest absolute Gasteiger partial charge is 0.493 e. The highest BCUT2D eigenvalue weighted by Gasteiger charge is 2.19. The Kier molecular flexibility index (Phi) is 6.14. The molecule has 1 heterocycles. The van der Waals surface area contributed by atoms with Crippen LogP contribution in [0, 0.1) is 0 Å². The summed E-state index contributed by atoms with van der Waals surface area (Å²) < 4.78 is 10.9. The minimum atomic E-state index is -1.06. The van der Waals surface area contributed by atoms with Crippen LogP contribution < -0.4 is 9.47 Å². The van der Waals surface area contributed by atoms with Gasteiger partial charge in [-0.1, -0.05) is 0 Å². The normalized spacial score (nSPS) is 10.2. The van der Waals surface area contributed by atoms with Gasteiger partial charge >= 0.3 is 5.97 Å². The molecule has 0 aliphatic rings. The van der Waals surface area contributed by atoms with Gasteiger partial charge in [-0.2, -0.15) is 0 Å². The Morgan fingerprint density at radius 2 is 2.12 bits per heavy atom. The summed E-state index contributed by atoms with van der Waals surface area (Å²) in [5, 5.41) is 10.8. The first kappa shape index (κ1) is 17.7. The number of amides is 1. The highest BCUT2D eigenvalue weighted by molar-refractivity contribution is 7.07. The van der Waals surface area contributed by atoms with Crippen LogP contribution in [0.1, 0.15) is 23.0 Å². The molecule has 2 rings (SSSR count). The minimum absolute atomic E-state index is 0.299. The third kappa shape index (κ3) is 4.45. The molecule has 0 aliphatic heterocycles. The van der Waals surface area contributed by atoms with Crippen molar-refractivity contribution < 1.29 is 24.2 Å². The molecule has 1 aromatic carbocycles. The van der Waals surface area contributed by atoms with E-state index in [0.717, 1.165) is 5.69 Å². The van der Waals surface area contributed by atoms with Crippen LogP contribution >= 0.6 is 11.3 Å². The van der Waals surface area contributed by atoms with Gasteiger partial charge in [-0.05, 0) is 25.1 Å². The molecule has 0 spiro atoms. The van der Waals surface area contributed by atoms with Crippen LogP contribution in [0.4, 0.5) is 0 Å². The second-order valence-corrected chi connectivity index (χ2v) is 5.57. The summed E-state index contributed by atoms with van der Waals surface area (Å²) in [4.78, 5) is 28.6. The van der Waals surface area contributed by atoms with E-state index >= 15 is 0 Å². The summed E-state index contributed by atoms with van der Waals surface area (Å²) in [5.74, 6) is -0.532. The molecule has 0 unspecified atom stereocenters. The molecular weight excluding hydrogens is 332 g/mol. The molecule has 7 nitrogen and oxygen atoms in total. The monoisotopic (exact) mass is 350 g/mol. The van der Waals surface area contributed by atoms with Crippen molar-refractivity contribution in [2.45, 2.75) is 13.5 Å². The van der Waals surface area contributed by atoms with E-state index in [9.17, 15) is 9.59 Å². The predicted octanol–water partition coefficient (Wildman–Crippen LogP) is 2.28. The molecule has 2 aromatic rings. The summed E-state index contributed by atoms with van der Waals surface area (Å²) in [5.41, 5.74) is 2.87. The molecule has 128 valence electrons. The van der Waals surface area contributed by atoms with Gasteiger partial charge in [-0.3, -0.25) is 9.59 Å². The van der Waals surface area contributed by atoms with E-state index in [1.165, 1.54) is 23.3 Å². The lowest BCUT2D eigenvalue weighted by molar-refractivity contribution is -0.137. The van der Waals surface area contributed by atoms with E-state index in [1.54, 1.807) is 30.6 Å². The number of thiazole rings is 1. The standard InChI is InChI=1S/C16H18N2O5S/c1-3-18(7-15(19)20)16(21)11-4-5-13(14(6-11)22-2)23-8-12-9-24-10-17-12/h4-6,9-10H,3,7-8H2,1-2H3,(H,19,20). The van der Waals surface area contributed by atoms with Gasteiger partial charge < -0.3 is 19.5 Å². The van der Waals surface area contributed by atoms with Gasteiger partial charge in [0.05, 0.1) is 18.3 Å². The van der Waals surface area contributed by atoms with E-state index in [-0.39, 0.29) is 12.5 Å². The Hall–Kier alpha value is -2.61. The Morgan fingerprint density at radius 3 is 2.71 bits per heavy atom. The predicted molar refractivity (Wildman–Crippen MR) is 88.7 cm³/mol. The lowest BCUT2D eigenvalue weighted by Crippen LogP contribution is -2.35. The number of carbonyl (C=O) groups excluding carboxylic acids is 1. The van der Waals surface area contributed by atoms with Crippen molar-refractivity contribution in [2.24, 2.45) is 0 Å². The number of nitrogens with zero attached hydrogens (tertiary/aromatic N) is 2. The molecule has 0 bridgehead atoms. The third-order valence-corrected chi connectivity index (χ3v) is 3.90. The highest BCUT2D eigenvalue weighted by Crippen LogP contribution is 2.29. The van der Waals surface area contributed by atoms with Crippen LogP contribution in [0.2, 0.25) is 0 Å². The molecule has 0 saturated carbocycles. The van der Waals surface area contributed by atoms with Crippen LogP contribution in [0.15, 0.2) is 29.1 Å². The highest BCUT2D eigenvalue weighted by atomic mass is 32.1. The van der Waals surface area contributed by atoms with Crippen molar-refractivity contribution in [1.29, 1.82) is 0 Å². The molecule has 0 atom stereocenters. The SMILES string of the molecule is CCN(CC(=O)O)C(=O)c1ccc(OCc2cscn2)c(OC)c1. The van der Waals surface area contributed by atoms with Gasteiger partial charge in [-0.25, -0.2) is 4.98 Å². The third-order valence-electron chi connectivity index (χ3n) is 3.26. The molecule has 1 N–H and O–H groups in total. The van der Waals surface area contributed by atoms with Crippen LogP contribution in [-0.4, -0.2) is 47.1 Å². The minimum Gasteiger partial charge on any atom is -0.493 e. The maximum atomic E-state index is 12.4. The fourth-order valence-electron chi connectivity index (χ4n) is 2.05. The van der Waals surface area contributed by atoms with Crippen molar-refractivity contribution in [3.8, 4) is 11.5 Å². The fraction of sp³-hybridized carbons (Fsp3) is 0.312. The smallest absolute Gasteiger partial charge is 0.323 e. The number of aromatic nitrogens is 1. The van der Waals surface area contributed by atoms with Gasteiger partial charge in [-0.15, -0.1) is 11.3 Å². The van der Waals surface area contributed by atoms with Crippen LogP contribution in [0.25, 0.3) is 0 Å². The number of aliphatic carboxylic acids is 1. The molecular formula is C16H18N2O5S. The van der Waals surface area contributed by atoms with Crippen molar-refractivity contribution in [3.05, 3.63) is 40.3 Å². The molecule has 1 aromatic heterocycles. The van der Waals surface area contributed by atoms with Gasteiger partial charge in [0.25, 0.3) is 5.91 Å². The number of benzene rings is 1. The number of carbonyl (C=O) groups is 2. The first-order valence-corrected chi connectivity index (χ1v) is 8.18. The number of ether oxygens (including phenoxy) is 2. The summed E-state index contributed by atoms with van der Waals surface area (Å²) in [6.45, 7) is 1.98. The van der Waals surface area contributed by atoms with Crippen molar-refractivity contribution in [2.75, 3.05) is 20.2 Å². The Bertz CT molecular complexity index is 702. The Morgan fingerprint density at radius 1 is 1.33 bits per heavy atom. The summed E-state index contributed by atoms with van der Waals surface area (Å²) in [6, 6.07) is 4.77. The summed E-state index contributed by atoms with van der Waals surface area (Å²) in [7, 11) is 1.48. The molecule has 24 heavy (non-hydrogen) atoms. The van der Waals surface area contributed by atoms with Crippen LogP contribution in [-0.2, 0) is 11.4 Å². The van der Waals surface area contributed by atoms with Crippen molar-refractivity contribution in [3.63, 3.8) is 0 Å².